The Labute approximate surface area is 111 Å². The van der Waals surface area contributed by atoms with E-state index in [9.17, 15) is 18.5 Å². The van der Waals surface area contributed by atoms with Gasteiger partial charge in [-0.1, -0.05) is 0 Å². The molecule has 0 aromatic carbocycles. The Balaban J connectivity index is 2.88. The number of sulfone groups is 1. The first kappa shape index (κ1) is 15.2. The molecule has 19 heavy (non-hydrogen) atoms. The third-order valence-electron chi connectivity index (χ3n) is 2.19. The molecule has 0 radical (unpaired) electrons. The lowest BCUT2D eigenvalue weighted by molar-refractivity contribution is -0.384. The van der Waals surface area contributed by atoms with Crippen molar-refractivity contribution < 1.29 is 13.3 Å². The summed E-state index contributed by atoms with van der Waals surface area (Å²) in [5.41, 5.74) is -0.185. The van der Waals surface area contributed by atoms with Crippen molar-refractivity contribution in [3.8, 4) is 0 Å². The van der Waals surface area contributed by atoms with Crippen molar-refractivity contribution in [2.24, 2.45) is 0 Å². The summed E-state index contributed by atoms with van der Waals surface area (Å²) in [6.45, 7) is 2.58. The first-order chi connectivity index (χ1) is 8.83. The molecule has 0 aliphatic carbocycles. The smallest absolute Gasteiger partial charge is 0.311 e. The molecule has 0 aliphatic heterocycles. The lowest BCUT2D eigenvalue weighted by Gasteiger charge is -2.08. The van der Waals surface area contributed by atoms with Crippen LogP contribution in [0, 0.1) is 10.1 Å². The van der Waals surface area contributed by atoms with E-state index in [-0.39, 0.29) is 23.8 Å². The van der Waals surface area contributed by atoms with Crippen LogP contribution in [0.2, 0.25) is 0 Å². The first-order valence-electron chi connectivity index (χ1n) is 5.64. The van der Waals surface area contributed by atoms with Crippen LogP contribution in [0.15, 0.2) is 12.1 Å². The Morgan fingerprint density at radius 3 is 2.58 bits per heavy atom. The molecule has 1 aromatic heterocycles. The Bertz CT molecular complexity index is 559. The summed E-state index contributed by atoms with van der Waals surface area (Å²) in [6, 6.07) is 2.83. The number of aromatic nitrogens is 1. The zero-order valence-electron chi connectivity index (χ0n) is 10.7. The zero-order valence-corrected chi connectivity index (χ0v) is 11.5. The molecule has 0 unspecified atom stereocenters. The molecule has 2 N–H and O–H groups in total. The molecule has 106 valence electrons. The predicted octanol–water partition coefficient (Wildman–Crippen LogP) is 0.878. The van der Waals surface area contributed by atoms with Gasteiger partial charge in [-0.3, -0.25) is 10.1 Å². The fraction of sp³-hybridized carbons (Fsp3) is 0.500. The van der Waals surface area contributed by atoms with Gasteiger partial charge in [0.15, 0.2) is 0 Å². The number of hydrogen-bond donors (Lipinski definition) is 2. The average molecular weight is 288 g/mol. The van der Waals surface area contributed by atoms with E-state index in [1.54, 1.807) is 0 Å². The molecular weight excluding hydrogens is 272 g/mol. The summed E-state index contributed by atoms with van der Waals surface area (Å²) in [5, 5.41) is 16.4. The molecule has 0 saturated carbocycles. The van der Waals surface area contributed by atoms with Crippen LogP contribution in [0.4, 0.5) is 17.3 Å². The van der Waals surface area contributed by atoms with E-state index in [1.807, 2.05) is 6.92 Å². The number of hydrogen-bond acceptors (Lipinski definition) is 7. The van der Waals surface area contributed by atoms with Gasteiger partial charge in [0.25, 0.3) is 0 Å². The minimum absolute atomic E-state index is 0.0621. The van der Waals surface area contributed by atoms with Crippen LogP contribution in [-0.4, -0.2) is 43.4 Å². The van der Waals surface area contributed by atoms with E-state index in [2.05, 4.69) is 15.6 Å². The molecule has 0 bridgehead atoms. The van der Waals surface area contributed by atoms with Gasteiger partial charge in [0.1, 0.15) is 15.7 Å². The van der Waals surface area contributed by atoms with Crippen LogP contribution >= 0.6 is 0 Å². The monoisotopic (exact) mass is 288 g/mol. The maximum Gasteiger partial charge on any atom is 0.311 e. The molecule has 0 amide bonds. The van der Waals surface area contributed by atoms with Crippen molar-refractivity contribution in [1.29, 1.82) is 0 Å². The van der Waals surface area contributed by atoms with E-state index in [0.717, 1.165) is 6.26 Å². The largest absolute Gasteiger partial charge is 0.370 e. The second-order valence-corrected chi connectivity index (χ2v) is 6.17. The lowest BCUT2D eigenvalue weighted by Crippen LogP contribution is -2.16. The van der Waals surface area contributed by atoms with Crippen molar-refractivity contribution >= 4 is 27.2 Å². The Morgan fingerprint density at radius 1 is 1.37 bits per heavy atom. The number of anilines is 2. The van der Waals surface area contributed by atoms with E-state index in [1.165, 1.54) is 12.1 Å². The van der Waals surface area contributed by atoms with Gasteiger partial charge in [-0.25, -0.2) is 13.4 Å². The Kier molecular flexibility index (Phi) is 5.04. The molecule has 0 spiro atoms. The molecule has 0 aliphatic rings. The maximum atomic E-state index is 11.0. The van der Waals surface area contributed by atoms with Crippen molar-refractivity contribution in [2.75, 3.05) is 35.7 Å². The molecule has 1 aromatic rings. The molecule has 9 heteroatoms. The topological polar surface area (TPSA) is 114 Å². The number of nitro groups is 1. The minimum atomic E-state index is -3.12. The molecular formula is C10H16N4O4S. The quantitative estimate of drug-likeness (QED) is 0.565. The summed E-state index contributed by atoms with van der Waals surface area (Å²) < 4.78 is 22.0. The Morgan fingerprint density at radius 2 is 2.05 bits per heavy atom. The normalized spacial score (nSPS) is 11.1. The predicted molar refractivity (Wildman–Crippen MR) is 73.3 cm³/mol. The summed E-state index contributed by atoms with van der Waals surface area (Å²) in [6.07, 6.45) is 1.10. The SMILES string of the molecule is CCNc1ccc([N+](=O)[O-])c(NCCS(C)(=O)=O)n1. The highest BCUT2D eigenvalue weighted by atomic mass is 32.2. The number of pyridine rings is 1. The molecule has 1 rings (SSSR count). The van der Waals surface area contributed by atoms with Gasteiger partial charge >= 0.3 is 5.69 Å². The van der Waals surface area contributed by atoms with Gasteiger partial charge in [0.05, 0.1) is 10.7 Å². The summed E-state index contributed by atoms with van der Waals surface area (Å²) in [4.78, 5) is 14.3. The standard InChI is InChI=1S/C10H16N4O4S/c1-3-11-9-5-4-8(14(15)16)10(13-9)12-6-7-19(2,17)18/h4-5H,3,6-7H2,1-2H3,(H2,11,12,13). The maximum absolute atomic E-state index is 11.0. The third-order valence-corrected chi connectivity index (χ3v) is 3.14. The van der Waals surface area contributed by atoms with Crippen molar-refractivity contribution in [3.05, 3.63) is 22.2 Å². The van der Waals surface area contributed by atoms with Crippen LogP contribution in [0.25, 0.3) is 0 Å². The Hall–Kier alpha value is -1.90. The van der Waals surface area contributed by atoms with Gasteiger partial charge in [-0.05, 0) is 13.0 Å². The zero-order chi connectivity index (χ0) is 14.5. The molecule has 1 heterocycles. The molecule has 0 atom stereocenters. The number of nitrogens with zero attached hydrogens (tertiary/aromatic N) is 2. The summed E-state index contributed by atoms with van der Waals surface area (Å²) >= 11 is 0. The highest BCUT2D eigenvalue weighted by Crippen LogP contribution is 2.23. The van der Waals surface area contributed by atoms with E-state index in [0.29, 0.717) is 12.4 Å². The fourth-order valence-corrected chi connectivity index (χ4v) is 1.84. The van der Waals surface area contributed by atoms with Gasteiger partial charge in [-0.2, -0.15) is 0 Å². The lowest BCUT2D eigenvalue weighted by atomic mass is 10.3. The van der Waals surface area contributed by atoms with Crippen LogP contribution in [-0.2, 0) is 9.84 Å². The summed E-state index contributed by atoms with van der Waals surface area (Å²) in [7, 11) is -3.12. The molecule has 8 nitrogen and oxygen atoms in total. The fourth-order valence-electron chi connectivity index (χ4n) is 1.36. The highest BCUT2D eigenvalue weighted by Gasteiger charge is 2.16. The van der Waals surface area contributed by atoms with E-state index >= 15 is 0 Å². The highest BCUT2D eigenvalue weighted by molar-refractivity contribution is 7.90. The second kappa shape index (κ2) is 6.32. The number of nitrogens with one attached hydrogen (secondary N) is 2. The van der Waals surface area contributed by atoms with E-state index in [4.69, 9.17) is 0 Å². The average Bonchev–Trinajstić information content (AvgIpc) is 2.27. The van der Waals surface area contributed by atoms with Crippen LogP contribution in [0.3, 0.4) is 0 Å². The van der Waals surface area contributed by atoms with Crippen LogP contribution in [0.5, 0.6) is 0 Å². The van der Waals surface area contributed by atoms with Crippen molar-refractivity contribution in [1.82, 2.24) is 4.98 Å². The van der Waals surface area contributed by atoms with Crippen molar-refractivity contribution in [2.45, 2.75) is 6.92 Å². The first-order valence-corrected chi connectivity index (χ1v) is 7.70. The van der Waals surface area contributed by atoms with Gasteiger partial charge < -0.3 is 10.6 Å². The van der Waals surface area contributed by atoms with Crippen LogP contribution in [0.1, 0.15) is 6.92 Å². The van der Waals surface area contributed by atoms with Gasteiger partial charge in [-0.15, -0.1) is 0 Å². The van der Waals surface area contributed by atoms with Gasteiger partial charge in [0, 0.05) is 25.4 Å². The second-order valence-electron chi connectivity index (χ2n) is 3.91. The van der Waals surface area contributed by atoms with Crippen molar-refractivity contribution in [3.63, 3.8) is 0 Å². The number of rotatable bonds is 7. The molecule has 0 saturated heterocycles. The van der Waals surface area contributed by atoms with E-state index < -0.39 is 14.8 Å². The van der Waals surface area contributed by atoms with Crippen LogP contribution < -0.4 is 10.6 Å². The third kappa shape index (κ3) is 5.08. The molecule has 0 fully saturated rings. The minimum Gasteiger partial charge on any atom is -0.370 e. The summed E-state index contributed by atoms with van der Waals surface area (Å²) in [5.74, 6) is 0.444. The van der Waals surface area contributed by atoms with Gasteiger partial charge in [0.2, 0.25) is 5.82 Å².